The van der Waals surface area contributed by atoms with E-state index in [0.29, 0.717) is 11.1 Å². The summed E-state index contributed by atoms with van der Waals surface area (Å²) in [5, 5.41) is 14.2. The van der Waals surface area contributed by atoms with Crippen molar-refractivity contribution in [2.75, 3.05) is 19.7 Å². The maximum absolute atomic E-state index is 13.1. The van der Waals surface area contributed by atoms with Gasteiger partial charge in [-0.25, -0.2) is 4.79 Å². The first-order chi connectivity index (χ1) is 19.3. The molecule has 0 radical (unpaired) electrons. The second-order valence-corrected chi connectivity index (χ2v) is 11.7. The highest BCUT2D eigenvalue weighted by molar-refractivity contribution is 14.1. The van der Waals surface area contributed by atoms with Crippen molar-refractivity contribution in [3.63, 3.8) is 0 Å². The number of carbonyl (C=O) groups is 3. The fourth-order valence-electron chi connectivity index (χ4n) is 5.11. The SMILES string of the molecule is CCCCCC1(CCCCC)OC2C=C(C(=O)NCCC(=O)NCCO)CC(OC(=O)c3cccc(I)c3)C2O1. The molecule has 1 aliphatic carbocycles. The third-order valence-corrected chi connectivity index (χ3v) is 7.85. The van der Waals surface area contributed by atoms with Crippen LogP contribution in [0, 0.1) is 3.57 Å². The average Bonchev–Trinajstić information content (AvgIpc) is 3.31. The second kappa shape index (κ2) is 16.4. The largest absolute Gasteiger partial charge is 0.456 e. The van der Waals surface area contributed by atoms with E-state index in [4.69, 9.17) is 19.3 Å². The number of unbranched alkanes of at least 4 members (excludes halogenated alkanes) is 4. The monoisotopic (exact) mass is 670 g/mol. The molecule has 1 heterocycles. The third-order valence-electron chi connectivity index (χ3n) is 7.18. The summed E-state index contributed by atoms with van der Waals surface area (Å²) in [5.74, 6) is -1.84. The molecule has 1 fully saturated rings. The van der Waals surface area contributed by atoms with E-state index < -0.39 is 30.1 Å². The minimum Gasteiger partial charge on any atom is -0.456 e. The number of benzene rings is 1. The summed E-state index contributed by atoms with van der Waals surface area (Å²) in [5.41, 5.74) is 0.882. The number of halogens is 1. The molecule has 1 saturated heterocycles. The maximum Gasteiger partial charge on any atom is 0.338 e. The standard InChI is InChI=1S/C30H43IN2O7/c1-3-5-7-13-30(14-8-6-4-2)39-25-20-22(28(36)33-15-12-26(35)32-16-17-34)19-24(27(25)40-30)38-29(37)21-10-9-11-23(31)18-21/h9-11,18,20,24-25,27,34H,3-8,12-17,19H2,1-2H3,(H,32,35)(H,33,36). The van der Waals surface area contributed by atoms with Gasteiger partial charge in [-0.2, -0.15) is 0 Å². The molecule has 3 unspecified atom stereocenters. The molecule has 3 N–H and O–H groups in total. The van der Waals surface area contributed by atoms with Gasteiger partial charge in [0.1, 0.15) is 18.3 Å². The summed E-state index contributed by atoms with van der Waals surface area (Å²) >= 11 is 2.15. The molecule has 2 amide bonds. The number of carbonyl (C=O) groups excluding carboxylic acids is 3. The zero-order chi connectivity index (χ0) is 29.0. The summed E-state index contributed by atoms with van der Waals surface area (Å²) in [7, 11) is 0. The molecular weight excluding hydrogens is 627 g/mol. The summed E-state index contributed by atoms with van der Waals surface area (Å²) in [4.78, 5) is 38.1. The molecule has 40 heavy (non-hydrogen) atoms. The summed E-state index contributed by atoms with van der Waals surface area (Å²) in [6, 6.07) is 7.18. The molecule has 9 nitrogen and oxygen atoms in total. The molecule has 0 saturated carbocycles. The molecule has 1 aromatic carbocycles. The number of hydrogen-bond donors (Lipinski definition) is 3. The lowest BCUT2D eigenvalue weighted by atomic mass is 9.91. The Balaban J connectivity index is 1.78. The first-order valence-electron chi connectivity index (χ1n) is 14.5. The van der Waals surface area contributed by atoms with Gasteiger partial charge in [0.2, 0.25) is 11.8 Å². The van der Waals surface area contributed by atoms with E-state index in [9.17, 15) is 14.4 Å². The van der Waals surface area contributed by atoms with Gasteiger partial charge >= 0.3 is 5.97 Å². The highest BCUT2D eigenvalue weighted by Crippen LogP contribution is 2.43. The molecule has 2 aliphatic rings. The number of ether oxygens (including phenoxy) is 3. The number of aliphatic hydroxyl groups is 1. The highest BCUT2D eigenvalue weighted by atomic mass is 127. The molecule has 3 atom stereocenters. The van der Waals surface area contributed by atoms with Gasteiger partial charge in [-0.3, -0.25) is 9.59 Å². The van der Waals surface area contributed by atoms with Crippen molar-refractivity contribution in [3.05, 3.63) is 45.0 Å². The van der Waals surface area contributed by atoms with Crippen molar-refractivity contribution in [2.24, 2.45) is 0 Å². The van der Waals surface area contributed by atoms with Gasteiger partial charge in [-0.15, -0.1) is 0 Å². The van der Waals surface area contributed by atoms with E-state index in [1.165, 1.54) is 0 Å². The first-order valence-corrected chi connectivity index (χ1v) is 15.6. The molecular formula is C30H43IN2O7. The van der Waals surface area contributed by atoms with Crippen LogP contribution >= 0.6 is 22.6 Å². The van der Waals surface area contributed by atoms with Crippen LogP contribution in [-0.4, -0.2) is 66.7 Å². The summed E-state index contributed by atoms with van der Waals surface area (Å²) in [6.07, 6.45) is 8.03. The van der Waals surface area contributed by atoms with Crippen LogP contribution < -0.4 is 10.6 Å². The first kappa shape index (κ1) is 32.5. The summed E-state index contributed by atoms with van der Waals surface area (Å²) in [6.45, 7) is 4.48. The number of amides is 2. The molecule has 0 spiro atoms. The topological polar surface area (TPSA) is 123 Å². The Labute approximate surface area is 250 Å². The van der Waals surface area contributed by atoms with E-state index >= 15 is 0 Å². The minimum absolute atomic E-state index is 0.0910. The lowest BCUT2D eigenvalue weighted by Crippen LogP contribution is -2.44. The van der Waals surface area contributed by atoms with Crippen LogP contribution in [0.5, 0.6) is 0 Å². The van der Waals surface area contributed by atoms with Crippen LogP contribution in [0.4, 0.5) is 0 Å². The van der Waals surface area contributed by atoms with Gasteiger partial charge in [0.25, 0.3) is 0 Å². The zero-order valence-corrected chi connectivity index (χ0v) is 25.7. The predicted molar refractivity (Wildman–Crippen MR) is 160 cm³/mol. The predicted octanol–water partition coefficient (Wildman–Crippen LogP) is 4.40. The van der Waals surface area contributed by atoms with Crippen LogP contribution in [-0.2, 0) is 23.8 Å². The van der Waals surface area contributed by atoms with E-state index in [0.717, 1.165) is 54.9 Å². The van der Waals surface area contributed by atoms with Crippen molar-refractivity contribution in [3.8, 4) is 0 Å². The average molecular weight is 671 g/mol. The number of esters is 1. The highest BCUT2D eigenvalue weighted by Gasteiger charge is 2.52. The van der Waals surface area contributed by atoms with Crippen LogP contribution in [0.3, 0.4) is 0 Å². The Morgan fingerprint density at radius 2 is 1.77 bits per heavy atom. The fraction of sp³-hybridized carbons (Fsp3) is 0.633. The molecule has 1 aromatic rings. The molecule has 0 bridgehead atoms. The van der Waals surface area contributed by atoms with E-state index in [-0.39, 0.29) is 44.4 Å². The Morgan fingerprint density at radius 3 is 2.42 bits per heavy atom. The van der Waals surface area contributed by atoms with Gasteiger partial charge in [0.05, 0.1) is 12.2 Å². The smallest absolute Gasteiger partial charge is 0.338 e. The number of fused-ring (bicyclic) bond motifs is 1. The molecule has 10 heteroatoms. The Hall–Kier alpha value is -2.02. The molecule has 222 valence electrons. The van der Waals surface area contributed by atoms with Crippen molar-refractivity contribution in [1.29, 1.82) is 0 Å². The van der Waals surface area contributed by atoms with Crippen LogP contribution in [0.1, 0.15) is 88.4 Å². The Morgan fingerprint density at radius 1 is 1.05 bits per heavy atom. The van der Waals surface area contributed by atoms with Gasteiger partial charge in [-0.1, -0.05) is 45.6 Å². The Bertz CT molecular complexity index is 1020. The van der Waals surface area contributed by atoms with E-state index in [1.54, 1.807) is 24.3 Å². The van der Waals surface area contributed by atoms with Crippen molar-refractivity contribution < 1.29 is 33.7 Å². The second-order valence-electron chi connectivity index (χ2n) is 10.4. The van der Waals surface area contributed by atoms with Gasteiger partial charge in [0.15, 0.2) is 5.79 Å². The number of aliphatic hydroxyl groups excluding tert-OH is 1. The molecule has 1 aliphatic heterocycles. The van der Waals surface area contributed by atoms with E-state index in [2.05, 4.69) is 47.1 Å². The fourth-order valence-corrected chi connectivity index (χ4v) is 5.65. The van der Waals surface area contributed by atoms with Gasteiger partial charge in [0, 0.05) is 47.9 Å². The van der Waals surface area contributed by atoms with Gasteiger partial charge in [-0.05, 0) is 59.7 Å². The lowest BCUT2D eigenvalue weighted by Gasteiger charge is -2.31. The molecule has 0 aromatic heterocycles. The third kappa shape index (κ3) is 9.53. The van der Waals surface area contributed by atoms with Gasteiger partial charge < -0.3 is 30.0 Å². The van der Waals surface area contributed by atoms with Crippen molar-refractivity contribution in [1.82, 2.24) is 10.6 Å². The van der Waals surface area contributed by atoms with Crippen molar-refractivity contribution >= 4 is 40.4 Å². The molecule has 3 rings (SSSR count). The number of hydrogen-bond acceptors (Lipinski definition) is 7. The van der Waals surface area contributed by atoms with E-state index in [1.807, 2.05) is 6.07 Å². The van der Waals surface area contributed by atoms with Crippen molar-refractivity contribution in [2.45, 2.75) is 102 Å². The number of nitrogens with one attached hydrogen (secondary N) is 2. The van der Waals surface area contributed by atoms with Crippen LogP contribution in [0.25, 0.3) is 0 Å². The quantitative estimate of drug-likeness (QED) is 0.135. The normalized spacial score (nSPS) is 21.3. The van der Waals surface area contributed by atoms with Crippen LogP contribution in [0.15, 0.2) is 35.9 Å². The lowest BCUT2D eigenvalue weighted by molar-refractivity contribution is -0.190. The zero-order valence-electron chi connectivity index (χ0n) is 23.6. The minimum atomic E-state index is -0.778. The number of rotatable bonds is 16. The maximum atomic E-state index is 13.1. The summed E-state index contributed by atoms with van der Waals surface area (Å²) < 4.78 is 20.2. The van der Waals surface area contributed by atoms with Crippen LogP contribution in [0.2, 0.25) is 0 Å². The Kier molecular flexibility index (Phi) is 13.3.